The van der Waals surface area contributed by atoms with Crippen LogP contribution in [0.15, 0.2) is 30.5 Å². The van der Waals surface area contributed by atoms with Crippen molar-refractivity contribution in [3.8, 4) is 11.8 Å². The first kappa shape index (κ1) is 18.9. The minimum Gasteiger partial charge on any atom is -0.460 e. The number of carbonyl (C=O) groups is 1. The molecular formula is C20H24N4O3. The number of hydrogen-bond acceptors (Lipinski definition) is 6. The third kappa shape index (κ3) is 4.47. The van der Waals surface area contributed by atoms with E-state index in [1.807, 2.05) is 6.07 Å². The Balaban J connectivity index is 1.50. The summed E-state index contributed by atoms with van der Waals surface area (Å²) in [4.78, 5) is 12.2. The van der Waals surface area contributed by atoms with E-state index in [-0.39, 0.29) is 18.5 Å². The maximum atomic E-state index is 12.2. The molecule has 27 heavy (non-hydrogen) atoms. The van der Waals surface area contributed by atoms with E-state index in [1.165, 1.54) is 30.1 Å². The van der Waals surface area contributed by atoms with Gasteiger partial charge in [0.15, 0.2) is 0 Å². The van der Waals surface area contributed by atoms with Crippen LogP contribution in [0.4, 0.5) is 5.82 Å². The molecule has 0 saturated heterocycles. The third-order valence-electron chi connectivity index (χ3n) is 4.96. The second-order valence-corrected chi connectivity index (χ2v) is 6.82. The monoisotopic (exact) mass is 368 g/mol. The zero-order valence-electron chi connectivity index (χ0n) is 15.4. The first-order valence-corrected chi connectivity index (χ1v) is 9.23. The summed E-state index contributed by atoms with van der Waals surface area (Å²) in [6.07, 6.45) is 6.44. The largest absolute Gasteiger partial charge is 0.460 e. The predicted octanol–water partition coefficient (Wildman–Crippen LogP) is 3.08. The SMILES string of the molecule is C[C@@H]1CCCC[C@H]1OCCOC(=O)c1ccc(-n2ncc(C#N)c2N)cc1. The lowest BCUT2D eigenvalue weighted by molar-refractivity contribution is -0.0271. The number of hydrogen-bond donors (Lipinski definition) is 1. The second-order valence-electron chi connectivity index (χ2n) is 6.82. The fourth-order valence-corrected chi connectivity index (χ4v) is 3.34. The van der Waals surface area contributed by atoms with E-state index in [9.17, 15) is 4.79 Å². The van der Waals surface area contributed by atoms with Gasteiger partial charge in [-0.05, 0) is 43.0 Å². The van der Waals surface area contributed by atoms with Crippen LogP contribution in [-0.2, 0) is 9.47 Å². The number of carbonyl (C=O) groups excluding carboxylic acids is 1. The van der Waals surface area contributed by atoms with E-state index < -0.39 is 5.97 Å². The average Bonchev–Trinajstić information content (AvgIpc) is 3.07. The van der Waals surface area contributed by atoms with Gasteiger partial charge in [-0.25, -0.2) is 9.48 Å². The lowest BCUT2D eigenvalue weighted by Gasteiger charge is -2.28. The van der Waals surface area contributed by atoms with Crippen molar-refractivity contribution in [2.75, 3.05) is 18.9 Å². The number of nitrogens with zero attached hydrogens (tertiary/aromatic N) is 3. The number of esters is 1. The molecule has 1 aliphatic rings. The summed E-state index contributed by atoms with van der Waals surface area (Å²) in [6.45, 7) is 2.87. The first-order valence-electron chi connectivity index (χ1n) is 9.23. The van der Waals surface area contributed by atoms with Crippen LogP contribution in [0.5, 0.6) is 0 Å². The predicted molar refractivity (Wildman–Crippen MR) is 100 cm³/mol. The van der Waals surface area contributed by atoms with Crippen LogP contribution in [-0.4, -0.2) is 35.1 Å². The lowest BCUT2D eigenvalue weighted by atomic mass is 9.88. The van der Waals surface area contributed by atoms with Gasteiger partial charge in [0.25, 0.3) is 0 Å². The zero-order valence-corrected chi connectivity index (χ0v) is 15.4. The van der Waals surface area contributed by atoms with Crippen LogP contribution < -0.4 is 5.73 Å². The fourth-order valence-electron chi connectivity index (χ4n) is 3.34. The molecule has 142 valence electrons. The topological polar surface area (TPSA) is 103 Å². The Morgan fingerprint density at radius 3 is 2.70 bits per heavy atom. The molecule has 0 bridgehead atoms. The molecule has 0 unspecified atom stereocenters. The Hall–Kier alpha value is -2.85. The Labute approximate surface area is 158 Å². The smallest absolute Gasteiger partial charge is 0.338 e. The van der Waals surface area contributed by atoms with Crippen molar-refractivity contribution in [3.63, 3.8) is 0 Å². The molecule has 7 heteroatoms. The number of benzene rings is 1. The first-order chi connectivity index (χ1) is 13.1. The normalized spacial score (nSPS) is 19.4. The molecule has 0 spiro atoms. The fraction of sp³-hybridized carbons (Fsp3) is 0.450. The number of nitriles is 1. The summed E-state index contributed by atoms with van der Waals surface area (Å²) in [5, 5.41) is 13.0. The molecule has 1 saturated carbocycles. The van der Waals surface area contributed by atoms with E-state index in [0.717, 1.165) is 6.42 Å². The van der Waals surface area contributed by atoms with Crippen molar-refractivity contribution in [2.45, 2.75) is 38.7 Å². The van der Waals surface area contributed by atoms with Gasteiger partial charge in [0.1, 0.15) is 24.1 Å². The van der Waals surface area contributed by atoms with Gasteiger partial charge in [0.05, 0.1) is 30.2 Å². The van der Waals surface area contributed by atoms with Gasteiger partial charge in [-0.1, -0.05) is 19.8 Å². The summed E-state index contributed by atoms with van der Waals surface area (Å²) in [5.41, 5.74) is 7.29. The van der Waals surface area contributed by atoms with Crippen LogP contribution in [0.1, 0.15) is 48.5 Å². The van der Waals surface area contributed by atoms with Crippen molar-refractivity contribution in [1.29, 1.82) is 5.26 Å². The van der Waals surface area contributed by atoms with Crippen molar-refractivity contribution in [1.82, 2.24) is 9.78 Å². The summed E-state index contributed by atoms with van der Waals surface area (Å²) >= 11 is 0. The van der Waals surface area contributed by atoms with Gasteiger partial charge < -0.3 is 15.2 Å². The Morgan fingerprint density at radius 1 is 1.30 bits per heavy atom. The number of nitrogens with two attached hydrogens (primary N) is 1. The number of aromatic nitrogens is 2. The number of rotatable bonds is 6. The highest BCUT2D eigenvalue weighted by atomic mass is 16.6. The third-order valence-corrected chi connectivity index (χ3v) is 4.96. The molecule has 1 aliphatic carbocycles. The molecule has 1 fully saturated rings. The molecule has 3 rings (SSSR count). The Bertz CT molecular complexity index is 823. The maximum absolute atomic E-state index is 12.2. The van der Waals surface area contributed by atoms with Crippen LogP contribution in [0.25, 0.3) is 5.69 Å². The molecular weight excluding hydrogens is 344 g/mol. The van der Waals surface area contributed by atoms with Crippen LogP contribution in [0.2, 0.25) is 0 Å². The minimum atomic E-state index is -0.395. The molecule has 1 heterocycles. The maximum Gasteiger partial charge on any atom is 0.338 e. The molecule has 1 aromatic carbocycles. The molecule has 2 aromatic rings. The number of anilines is 1. The number of ether oxygens (including phenoxy) is 2. The van der Waals surface area contributed by atoms with E-state index in [2.05, 4.69) is 12.0 Å². The van der Waals surface area contributed by atoms with E-state index in [1.54, 1.807) is 24.3 Å². The Kier molecular flexibility index (Phi) is 6.09. The van der Waals surface area contributed by atoms with Crippen LogP contribution in [0.3, 0.4) is 0 Å². The summed E-state index contributed by atoms with van der Waals surface area (Å²) in [6, 6.07) is 8.69. The summed E-state index contributed by atoms with van der Waals surface area (Å²) in [5.74, 6) is 0.438. The molecule has 7 nitrogen and oxygen atoms in total. The Morgan fingerprint density at radius 2 is 2.04 bits per heavy atom. The van der Waals surface area contributed by atoms with Gasteiger partial charge in [-0.15, -0.1) is 0 Å². The molecule has 0 amide bonds. The average molecular weight is 368 g/mol. The van der Waals surface area contributed by atoms with Gasteiger partial charge in [0, 0.05) is 0 Å². The molecule has 2 N–H and O–H groups in total. The van der Waals surface area contributed by atoms with E-state index >= 15 is 0 Å². The minimum absolute atomic E-state index is 0.238. The molecule has 2 atom stereocenters. The van der Waals surface area contributed by atoms with E-state index in [4.69, 9.17) is 20.5 Å². The standard InChI is InChI=1S/C20H24N4O3/c1-14-4-2-3-5-18(14)26-10-11-27-20(25)15-6-8-17(9-7-15)24-19(22)16(12-21)13-23-24/h6-9,13-14,18H,2-5,10-11,22H2,1H3/t14-,18-/m1/s1. The van der Waals surface area contributed by atoms with Crippen molar-refractivity contribution in [2.24, 2.45) is 5.92 Å². The van der Waals surface area contributed by atoms with Crippen molar-refractivity contribution in [3.05, 3.63) is 41.6 Å². The summed E-state index contributed by atoms with van der Waals surface area (Å²) in [7, 11) is 0. The van der Waals surface area contributed by atoms with Gasteiger partial charge in [0.2, 0.25) is 0 Å². The van der Waals surface area contributed by atoms with Crippen molar-refractivity contribution >= 4 is 11.8 Å². The molecule has 0 aliphatic heterocycles. The zero-order chi connectivity index (χ0) is 19.2. The second kappa shape index (κ2) is 8.69. The quantitative estimate of drug-likeness (QED) is 0.621. The number of nitrogen functional groups attached to an aromatic ring is 1. The van der Waals surface area contributed by atoms with Gasteiger partial charge >= 0.3 is 5.97 Å². The van der Waals surface area contributed by atoms with Crippen LogP contribution in [0, 0.1) is 17.2 Å². The van der Waals surface area contributed by atoms with Crippen LogP contribution >= 0.6 is 0 Å². The highest BCUT2D eigenvalue weighted by Gasteiger charge is 2.21. The molecule has 0 radical (unpaired) electrons. The van der Waals surface area contributed by atoms with Crippen molar-refractivity contribution < 1.29 is 14.3 Å². The highest BCUT2D eigenvalue weighted by Crippen LogP contribution is 2.26. The van der Waals surface area contributed by atoms with Gasteiger partial charge in [-0.3, -0.25) is 0 Å². The highest BCUT2D eigenvalue weighted by molar-refractivity contribution is 5.89. The molecule has 1 aromatic heterocycles. The lowest BCUT2D eigenvalue weighted by Crippen LogP contribution is -2.27. The van der Waals surface area contributed by atoms with E-state index in [0.29, 0.717) is 29.3 Å². The van der Waals surface area contributed by atoms with Gasteiger partial charge in [-0.2, -0.15) is 10.4 Å². The summed E-state index contributed by atoms with van der Waals surface area (Å²) < 4.78 is 12.6.